The monoisotopic (exact) mass is 745 g/mol. The van der Waals surface area contributed by atoms with E-state index in [9.17, 15) is 32.4 Å². The minimum Gasteiger partial charge on any atom is -0.347 e. The van der Waals surface area contributed by atoms with Gasteiger partial charge in [-0.15, -0.1) is 0 Å². The van der Waals surface area contributed by atoms with Crippen LogP contribution in [-0.2, 0) is 29.0 Å². The first kappa shape index (κ1) is 39.4. The van der Waals surface area contributed by atoms with E-state index in [4.69, 9.17) is 23.2 Å². The molecule has 0 bridgehead atoms. The molecule has 4 fully saturated rings. The van der Waals surface area contributed by atoms with E-state index in [1.165, 1.54) is 4.90 Å². The van der Waals surface area contributed by atoms with E-state index in [0.29, 0.717) is 37.7 Å². The molecule has 2 saturated carbocycles. The molecule has 2 aliphatic heterocycles. The average molecular weight is 747 g/mol. The maximum atomic E-state index is 14.5. The van der Waals surface area contributed by atoms with Crippen molar-refractivity contribution in [1.82, 2.24) is 26.2 Å². The van der Waals surface area contributed by atoms with Gasteiger partial charge in [0.25, 0.3) is 5.91 Å². The quantitative estimate of drug-likeness (QED) is 0.219. The van der Waals surface area contributed by atoms with Crippen molar-refractivity contribution in [2.45, 2.75) is 147 Å². The molecule has 0 spiro atoms. The summed E-state index contributed by atoms with van der Waals surface area (Å²) >= 11 is 12.6. The molecule has 15 heteroatoms. The lowest BCUT2D eigenvalue weighted by Gasteiger charge is -2.43. The summed E-state index contributed by atoms with van der Waals surface area (Å²) in [5.41, 5.74) is -1.47. The minimum absolute atomic E-state index is 0.0399. The smallest absolute Gasteiger partial charge is 0.315 e. The van der Waals surface area contributed by atoms with Gasteiger partial charge in [-0.05, 0) is 61.9 Å². The van der Waals surface area contributed by atoms with E-state index >= 15 is 0 Å². The van der Waals surface area contributed by atoms with Crippen molar-refractivity contribution in [3.8, 4) is 0 Å². The number of carbonyl (C=O) groups excluding carboxylic acids is 5. The average Bonchev–Trinajstić information content (AvgIpc) is 3.65. The van der Waals surface area contributed by atoms with Gasteiger partial charge < -0.3 is 26.2 Å². The summed E-state index contributed by atoms with van der Waals surface area (Å²) in [4.78, 5) is 69.5. The van der Waals surface area contributed by atoms with Gasteiger partial charge >= 0.3 is 6.03 Å². The Morgan fingerprint density at radius 1 is 0.980 bits per heavy atom. The highest BCUT2D eigenvalue weighted by Gasteiger charge is 2.51. The molecule has 4 rings (SSSR count). The van der Waals surface area contributed by atoms with Gasteiger partial charge in [0, 0.05) is 12.6 Å². The minimum atomic E-state index is -3.39. The molecule has 0 aromatic heterocycles. The van der Waals surface area contributed by atoms with E-state index in [2.05, 4.69) is 21.3 Å². The second-order valence-corrected chi connectivity index (χ2v) is 18.7. The molecule has 2 saturated heterocycles. The molecule has 4 N–H and O–H groups in total. The van der Waals surface area contributed by atoms with E-state index in [1.54, 1.807) is 27.7 Å². The molecule has 49 heavy (non-hydrogen) atoms. The van der Waals surface area contributed by atoms with Crippen LogP contribution in [0.15, 0.2) is 10.1 Å². The molecule has 2 heterocycles. The number of urea groups is 1. The molecular weight excluding hydrogens is 693 g/mol. The van der Waals surface area contributed by atoms with Crippen LogP contribution in [0, 0.1) is 11.3 Å². The number of ketones is 1. The SMILES string of the molecule is CCCC[C@H](NC(=O)[C@@H]1C(=C(Cl)Cl)C(C)CN1C(=O)[C@@H](NC(=O)NC1(C2CCCS2(=O)=O)CCCCC1)C(C)(C)C)C(=O)C(=O)NC1CC1. The fourth-order valence-corrected chi connectivity index (χ4v) is 10.6. The topological polar surface area (TPSA) is 171 Å². The number of Topliss-reactive ketones (excluding diaryl/α,β-unsaturated/α-hetero) is 1. The van der Waals surface area contributed by atoms with Gasteiger partial charge in [-0.25, -0.2) is 13.2 Å². The number of sulfone groups is 1. The van der Waals surface area contributed by atoms with Gasteiger partial charge in [0.15, 0.2) is 9.84 Å². The lowest BCUT2D eigenvalue weighted by atomic mass is 9.78. The Kier molecular flexibility index (Phi) is 12.8. The molecule has 12 nitrogen and oxygen atoms in total. The van der Waals surface area contributed by atoms with Crippen LogP contribution in [0.2, 0.25) is 0 Å². The summed E-state index contributed by atoms with van der Waals surface area (Å²) < 4.78 is 25.9. The third kappa shape index (κ3) is 9.30. The predicted octanol–water partition coefficient (Wildman–Crippen LogP) is 4.04. The summed E-state index contributed by atoms with van der Waals surface area (Å²) in [6, 6.07) is -4.23. The van der Waals surface area contributed by atoms with Crippen LogP contribution in [0.3, 0.4) is 0 Å². The number of nitrogens with zero attached hydrogens (tertiary/aromatic N) is 1. The van der Waals surface area contributed by atoms with Crippen LogP contribution >= 0.6 is 23.2 Å². The molecule has 2 unspecified atom stereocenters. The van der Waals surface area contributed by atoms with Gasteiger partial charge in [0.1, 0.15) is 16.6 Å². The molecule has 0 aromatic carbocycles. The Morgan fingerprint density at radius 2 is 1.63 bits per heavy atom. The summed E-state index contributed by atoms with van der Waals surface area (Å²) in [7, 11) is -3.39. The molecule has 0 radical (unpaired) electrons. The first-order valence-electron chi connectivity index (χ1n) is 17.7. The molecular formula is C34H53Cl2N5O7S. The highest BCUT2D eigenvalue weighted by atomic mass is 35.5. The molecule has 0 aromatic rings. The number of rotatable bonds is 12. The summed E-state index contributed by atoms with van der Waals surface area (Å²) in [5, 5.41) is 10.6. The van der Waals surface area contributed by atoms with E-state index < -0.39 is 79.6 Å². The number of nitrogens with one attached hydrogen (secondary N) is 4. The number of likely N-dealkylation sites (tertiary alicyclic amines) is 1. The van der Waals surface area contributed by atoms with Crippen molar-refractivity contribution in [2.24, 2.45) is 11.3 Å². The lowest BCUT2D eigenvalue weighted by molar-refractivity contribution is -0.143. The van der Waals surface area contributed by atoms with Gasteiger partial charge in [0.05, 0.1) is 22.6 Å². The first-order valence-corrected chi connectivity index (χ1v) is 20.2. The Morgan fingerprint density at radius 3 is 2.16 bits per heavy atom. The zero-order valence-corrected chi connectivity index (χ0v) is 31.7. The number of hydrogen-bond acceptors (Lipinski definition) is 7. The largest absolute Gasteiger partial charge is 0.347 e. The van der Waals surface area contributed by atoms with Crippen LogP contribution < -0.4 is 21.3 Å². The third-order valence-corrected chi connectivity index (χ3v) is 13.3. The van der Waals surface area contributed by atoms with Crippen molar-refractivity contribution < 1.29 is 32.4 Å². The lowest BCUT2D eigenvalue weighted by Crippen LogP contribution is -2.65. The van der Waals surface area contributed by atoms with Crippen molar-refractivity contribution in [2.75, 3.05) is 12.3 Å². The Hall–Kier alpha value is -2.38. The predicted molar refractivity (Wildman–Crippen MR) is 189 cm³/mol. The van der Waals surface area contributed by atoms with Gasteiger partial charge in [-0.1, -0.05) is 89.9 Å². The van der Waals surface area contributed by atoms with Crippen LogP contribution in [0.4, 0.5) is 4.79 Å². The number of unbranched alkanes of at least 4 members (excludes halogenated alkanes) is 1. The zero-order chi connectivity index (χ0) is 36.3. The van der Waals surface area contributed by atoms with Crippen LogP contribution in [-0.4, -0.2) is 90.1 Å². The third-order valence-electron chi connectivity index (χ3n) is 10.4. The summed E-state index contributed by atoms with van der Waals surface area (Å²) in [6.45, 7) is 9.12. The second kappa shape index (κ2) is 15.9. The molecule has 4 aliphatic rings. The Balaban J connectivity index is 1.59. The maximum Gasteiger partial charge on any atom is 0.315 e. The van der Waals surface area contributed by atoms with Crippen molar-refractivity contribution in [3.63, 3.8) is 0 Å². The van der Waals surface area contributed by atoms with E-state index in [1.807, 2.05) is 6.92 Å². The van der Waals surface area contributed by atoms with Crippen molar-refractivity contribution >= 4 is 62.6 Å². The standard InChI is InChI=1S/C34H53Cl2N5O7S/c1-6-7-12-22(26(42)30(44)37-21-14-15-21)38-29(43)25-24(28(35)36)20(2)19-41(25)31(45)27(33(3,4)5)39-32(46)40-34(16-9-8-10-17-34)23-13-11-18-49(23,47)48/h20-23,25,27H,6-19H2,1-5H3,(H,37,44)(H,38,43)(H2,39,40,46)/t20?,22-,23?,25-,27+/m0/s1. The number of carbonyl (C=O) groups is 5. The number of halogens is 2. The van der Waals surface area contributed by atoms with Gasteiger partial charge in [-0.2, -0.15) is 0 Å². The maximum absolute atomic E-state index is 14.5. The Labute approximate surface area is 300 Å². The zero-order valence-electron chi connectivity index (χ0n) is 29.3. The number of hydrogen-bond donors (Lipinski definition) is 4. The highest BCUT2D eigenvalue weighted by molar-refractivity contribution is 7.92. The highest BCUT2D eigenvalue weighted by Crippen LogP contribution is 2.40. The van der Waals surface area contributed by atoms with Gasteiger partial charge in [-0.3, -0.25) is 19.2 Å². The van der Waals surface area contributed by atoms with Crippen LogP contribution in [0.1, 0.15) is 112 Å². The molecule has 5 atom stereocenters. The van der Waals surface area contributed by atoms with Crippen LogP contribution in [0.5, 0.6) is 0 Å². The second-order valence-electron chi connectivity index (χ2n) is 15.4. The molecule has 276 valence electrons. The van der Waals surface area contributed by atoms with Crippen molar-refractivity contribution in [1.29, 1.82) is 0 Å². The fraction of sp³-hybridized carbons (Fsp3) is 0.794. The molecule has 5 amide bonds. The fourth-order valence-electron chi connectivity index (χ4n) is 7.63. The Bertz CT molecular complexity index is 1430. The normalized spacial score (nSPS) is 26.0. The number of amides is 5. The van der Waals surface area contributed by atoms with E-state index in [-0.39, 0.29) is 29.3 Å². The van der Waals surface area contributed by atoms with Gasteiger partial charge in [0.2, 0.25) is 17.6 Å². The summed E-state index contributed by atoms with van der Waals surface area (Å²) in [6.07, 6.45) is 7.74. The van der Waals surface area contributed by atoms with E-state index in [0.717, 1.165) is 38.5 Å². The first-order chi connectivity index (χ1) is 22.9. The summed E-state index contributed by atoms with van der Waals surface area (Å²) in [5.74, 6) is -3.12. The van der Waals surface area contributed by atoms with Crippen LogP contribution in [0.25, 0.3) is 0 Å². The van der Waals surface area contributed by atoms with Crippen molar-refractivity contribution in [3.05, 3.63) is 10.1 Å². The molecule has 2 aliphatic carbocycles.